The number of aromatic nitrogens is 2. The molecule has 6 nitrogen and oxygen atoms in total. The molecule has 0 N–H and O–H groups in total. The Balaban J connectivity index is 1.84. The van der Waals surface area contributed by atoms with Crippen LogP contribution in [0.4, 0.5) is 11.5 Å². The molecule has 0 atom stereocenters. The second-order valence-electron chi connectivity index (χ2n) is 5.61. The molecule has 1 fully saturated rings. The van der Waals surface area contributed by atoms with Crippen molar-refractivity contribution < 1.29 is 4.92 Å². The topological polar surface area (TPSA) is 72.2 Å². The first-order valence-electron chi connectivity index (χ1n) is 7.65. The molecule has 6 heteroatoms. The monoisotopic (exact) mass is 310 g/mol. The summed E-state index contributed by atoms with van der Waals surface area (Å²) in [5, 5.41) is 10.8. The number of nitro benzene ring substituents is 1. The molecule has 0 bridgehead atoms. The number of nitrogens with zero attached hydrogens (tertiary/aromatic N) is 4. The van der Waals surface area contributed by atoms with Crippen LogP contribution in [0.5, 0.6) is 0 Å². The number of anilines is 1. The Bertz CT molecular complexity index is 752. The second kappa shape index (κ2) is 6.56. The van der Waals surface area contributed by atoms with Gasteiger partial charge in [0, 0.05) is 37.0 Å². The van der Waals surface area contributed by atoms with Crippen LogP contribution >= 0.6 is 0 Å². The van der Waals surface area contributed by atoms with Gasteiger partial charge in [0.15, 0.2) is 5.82 Å². The van der Waals surface area contributed by atoms with E-state index in [2.05, 4.69) is 14.9 Å². The maximum Gasteiger partial charge on any atom is 0.270 e. The van der Waals surface area contributed by atoms with Crippen LogP contribution in [0.3, 0.4) is 0 Å². The lowest BCUT2D eigenvalue weighted by Crippen LogP contribution is -2.19. The Morgan fingerprint density at radius 2 is 1.96 bits per heavy atom. The molecular weight excluding hydrogens is 292 g/mol. The van der Waals surface area contributed by atoms with Gasteiger partial charge in [0.2, 0.25) is 0 Å². The Morgan fingerprint density at radius 1 is 1.17 bits per heavy atom. The minimum absolute atomic E-state index is 0.0788. The van der Waals surface area contributed by atoms with E-state index in [-0.39, 0.29) is 5.69 Å². The zero-order chi connectivity index (χ0) is 16.2. The van der Waals surface area contributed by atoms with Gasteiger partial charge >= 0.3 is 0 Å². The molecule has 23 heavy (non-hydrogen) atoms. The lowest BCUT2D eigenvalue weighted by atomic mass is 10.2. The van der Waals surface area contributed by atoms with Crippen LogP contribution in [0, 0.1) is 17.0 Å². The second-order valence-corrected chi connectivity index (χ2v) is 5.61. The van der Waals surface area contributed by atoms with Gasteiger partial charge in [0.25, 0.3) is 5.69 Å². The highest BCUT2D eigenvalue weighted by Crippen LogP contribution is 2.20. The van der Waals surface area contributed by atoms with Gasteiger partial charge in [-0.15, -0.1) is 0 Å². The first kappa shape index (κ1) is 15.1. The maximum atomic E-state index is 10.8. The van der Waals surface area contributed by atoms with E-state index in [0.29, 0.717) is 5.82 Å². The van der Waals surface area contributed by atoms with Gasteiger partial charge < -0.3 is 4.90 Å². The maximum absolute atomic E-state index is 10.8. The lowest BCUT2D eigenvalue weighted by Gasteiger charge is -2.16. The first-order chi connectivity index (χ1) is 11.1. The molecule has 0 aliphatic carbocycles. The third-order valence-corrected chi connectivity index (χ3v) is 3.79. The number of hydrogen-bond donors (Lipinski definition) is 0. The largest absolute Gasteiger partial charge is 0.356 e. The van der Waals surface area contributed by atoms with Crippen LogP contribution in [-0.2, 0) is 0 Å². The smallest absolute Gasteiger partial charge is 0.270 e. The van der Waals surface area contributed by atoms with E-state index in [1.807, 2.05) is 19.1 Å². The van der Waals surface area contributed by atoms with Crippen LogP contribution in [0.25, 0.3) is 12.2 Å². The van der Waals surface area contributed by atoms with Gasteiger partial charge in [0.05, 0.1) is 4.92 Å². The Kier molecular flexibility index (Phi) is 4.32. The summed E-state index contributed by atoms with van der Waals surface area (Å²) in [6.45, 7) is 4.01. The van der Waals surface area contributed by atoms with Crippen molar-refractivity contribution in [2.45, 2.75) is 19.8 Å². The van der Waals surface area contributed by atoms with Crippen molar-refractivity contribution in [2.75, 3.05) is 18.0 Å². The Morgan fingerprint density at radius 3 is 2.70 bits per heavy atom. The summed E-state index contributed by atoms with van der Waals surface area (Å²) >= 11 is 0. The molecule has 1 saturated heterocycles. The number of rotatable bonds is 4. The summed E-state index contributed by atoms with van der Waals surface area (Å²) in [5.74, 6) is 1.58. The van der Waals surface area contributed by atoms with Gasteiger partial charge in [-0.3, -0.25) is 10.1 Å². The minimum atomic E-state index is -0.397. The molecule has 2 heterocycles. The van der Waals surface area contributed by atoms with E-state index in [1.165, 1.54) is 25.0 Å². The number of nitro groups is 1. The van der Waals surface area contributed by atoms with Gasteiger partial charge in [0.1, 0.15) is 5.82 Å². The fraction of sp³-hybridized carbons (Fsp3) is 0.294. The summed E-state index contributed by atoms with van der Waals surface area (Å²) in [6, 6.07) is 8.50. The van der Waals surface area contributed by atoms with Crippen molar-refractivity contribution in [1.29, 1.82) is 0 Å². The summed E-state index contributed by atoms with van der Waals surface area (Å²) in [6.07, 6.45) is 5.99. The number of non-ortho nitro benzene ring substituents is 1. The van der Waals surface area contributed by atoms with Gasteiger partial charge in [-0.1, -0.05) is 18.2 Å². The lowest BCUT2D eigenvalue weighted by molar-refractivity contribution is -0.384. The van der Waals surface area contributed by atoms with Crippen molar-refractivity contribution in [2.24, 2.45) is 0 Å². The molecule has 1 aliphatic rings. The number of benzene rings is 1. The zero-order valence-corrected chi connectivity index (χ0v) is 13.0. The van der Waals surface area contributed by atoms with E-state index >= 15 is 0 Å². The summed E-state index contributed by atoms with van der Waals surface area (Å²) in [5.41, 5.74) is 1.75. The van der Waals surface area contributed by atoms with Crippen LogP contribution in [0.15, 0.2) is 30.3 Å². The predicted octanol–water partition coefficient (Wildman–Crippen LogP) is 3.46. The fourth-order valence-electron chi connectivity index (χ4n) is 2.67. The molecule has 0 amide bonds. The van der Waals surface area contributed by atoms with E-state index < -0.39 is 4.92 Å². The predicted molar refractivity (Wildman–Crippen MR) is 90.2 cm³/mol. The quantitative estimate of drug-likeness (QED) is 0.638. The van der Waals surface area contributed by atoms with E-state index in [4.69, 9.17) is 0 Å². The molecule has 0 radical (unpaired) electrons. The average Bonchev–Trinajstić information content (AvgIpc) is 3.07. The van der Waals surface area contributed by atoms with Crippen molar-refractivity contribution in [1.82, 2.24) is 9.97 Å². The third-order valence-electron chi connectivity index (χ3n) is 3.79. The van der Waals surface area contributed by atoms with Crippen molar-refractivity contribution in [3.05, 3.63) is 57.5 Å². The number of aryl methyl sites for hydroxylation is 1. The zero-order valence-electron chi connectivity index (χ0n) is 13.0. The SMILES string of the molecule is Cc1cc(N2CCCC2)nc(/C=C/c2cccc([N+](=O)[O-])c2)n1. The molecular formula is C17H18N4O2. The van der Waals surface area contributed by atoms with E-state index in [9.17, 15) is 10.1 Å². The molecule has 0 saturated carbocycles. The first-order valence-corrected chi connectivity index (χ1v) is 7.65. The molecule has 2 aromatic rings. The Hall–Kier alpha value is -2.76. The molecule has 118 valence electrons. The highest BCUT2D eigenvalue weighted by molar-refractivity contribution is 5.68. The summed E-state index contributed by atoms with van der Waals surface area (Å²) in [4.78, 5) is 21.7. The third kappa shape index (κ3) is 3.71. The molecule has 0 spiro atoms. The molecule has 0 unspecified atom stereocenters. The minimum Gasteiger partial charge on any atom is -0.356 e. The van der Waals surface area contributed by atoms with Crippen LogP contribution in [0.1, 0.15) is 29.9 Å². The molecule has 1 aromatic carbocycles. The van der Waals surface area contributed by atoms with Gasteiger partial charge in [-0.25, -0.2) is 9.97 Å². The van der Waals surface area contributed by atoms with Crippen LogP contribution in [-0.4, -0.2) is 28.0 Å². The summed E-state index contributed by atoms with van der Waals surface area (Å²) in [7, 11) is 0. The normalized spacial score (nSPS) is 14.6. The summed E-state index contributed by atoms with van der Waals surface area (Å²) < 4.78 is 0. The van der Waals surface area contributed by atoms with Crippen molar-refractivity contribution >= 4 is 23.7 Å². The Labute approximate surface area is 134 Å². The molecule has 1 aromatic heterocycles. The van der Waals surface area contributed by atoms with Crippen LogP contribution < -0.4 is 4.90 Å². The van der Waals surface area contributed by atoms with E-state index in [1.54, 1.807) is 18.2 Å². The molecule has 1 aliphatic heterocycles. The van der Waals surface area contributed by atoms with Crippen molar-refractivity contribution in [3.63, 3.8) is 0 Å². The molecule has 3 rings (SSSR count). The van der Waals surface area contributed by atoms with Gasteiger partial charge in [-0.05, 0) is 31.4 Å². The van der Waals surface area contributed by atoms with Crippen LogP contribution in [0.2, 0.25) is 0 Å². The average molecular weight is 310 g/mol. The van der Waals surface area contributed by atoms with E-state index in [0.717, 1.165) is 30.2 Å². The highest BCUT2D eigenvalue weighted by atomic mass is 16.6. The fourth-order valence-corrected chi connectivity index (χ4v) is 2.67. The van der Waals surface area contributed by atoms with Gasteiger partial charge in [-0.2, -0.15) is 0 Å². The number of hydrogen-bond acceptors (Lipinski definition) is 5. The standard InChI is InChI=1S/C17H18N4O2/c1-13-11-17(20-9-2-3-10-20)19-16(18-13)8-7-14-5-4-6-15(12-14)21(22)23/h4-8,11-12H,2-3,9-10H2,1H3/b8-7+. The highest BCUT2D eigenvalue weighted by Gasteiger charge is 2.14. The van der Waals surface area contributed by atoms with Crippen molar-refractivity contribution in [3.8, 4) is 0 Å².